The first-order chi connectivity index (χ1) is 18.3. The number of halogens is 2. The molecule has 0 aliphatic heterocycles. The highest BCUT2D eigenvalue weighted by Gasteiger charge is 2.26. The lowest BCUT2D eigenvalue weighted by Crippen LogP contribution is -2.50. The summed E-state index contributed by atoms with van der Waals surface area (Å²) in [7, 11) is 0. The number of nitrogens with one attached hydrogen (secondary N) is 3. The fraction of sp³-hybridized carbons (Fsp3) is 0.250. The zero-order chi connectivity index (χ0) is 27.1. The highest BCUT2D eigenvalue weighted by Crippen LogP contribution is 2.30. The van der Waals surface area contributed by atoms with Crippen LogP contribution < -0.4 is 16.0 Å². The van der Waals surface area contributed by atoms with Crippen LogP contribution in [-0.2, 0) is 29.2 Å². The summed E-state index contributed by atoms with van der Waals surface area (Å²) in [5, 5.41) is 17.5. The van der Waals surface area contributed by atoms with Gasteiger partial charge in [-0.3, -0.25) is 4.79 Å². The topological polar surface area (TPSA) is 117 Å². The minimum absolute atomic E-state index is 0.0570. The number of carboxylic acid groups (broad SMARTS) is 1. The second-order valence-electron chi connectivity index (χ2n) is 8.92. The van der Waals surface area contributed by atoms with E-state index in [-0.39, 0.29) is 34.8 Å². The normalized spacial score (nSPS) is 14.8. The zero-order valence-corrected chi connectivity index (χ0v) is 21.9. The van der Waals surface area contributed by atoms with Crippen LogP contribution in [0.15, 0.2) is 66.7 Å². The van der Waals surface area contributed by atoms with Gasteiger partial charge in [0.1, 0.15) is 6.04 Å². The third kappa shape index (κ3) is 7.04. The number of hydrogen-bond acceptors (Lipinski definition) is 4. The summed E-state index contributed by atoms with van der Waals surface area (Å²) in [4.78, 5) is 37.1. The highest BCUT2D eigenvalue weighted by atomic mass is 35.5. The lowest BCUT2D eigenvalue weighted by Gasteiger charge is -2.19. The molecule has 198 valence electrons. The average molecular weight is 556 g/mol. The van der Waals surface area contributed by atoms with Gasteiger partial charge in [0.2, 0.25) is 0 Å². The van der Waals surface area contributed by atoms with Crippen molar-refractivity contribution in [1.82, 2.24) is 16.0 Å². The number of fused-ring (bicyclic) bond motifs is 1. The number of carbonyl (C=O) groups excluding carboxylic acids is 2. The maximum atomic E-state index is 12.9. The van der Waals surface area contributed by atoms with Gasteiger partial charge >= 0.3 is 12.0 Å². The van der Waals surface area contributed by atoms with Crippen LogP contribution in [0.1, 0.15) is 45.1 Å². The molecular weight excluding hydrogens is 529 g/mol. The molecule has 1 unspecified atom stereocenters. The fourth-order valence-electron chi connectivity index (χ4n) is 4.33. The van der Waals surface area contributed by atoms with Crippen LogP contribution in [0.3, 0.4) is 0 Å². The van der Waals surface area contributed by atoms with Crippen molar-refractivity contribution in [2.75, 3.05) is 6.54 Å². The standard InChI is InChI=1S/C28H27Cl2N3O5/c29-21-12-18(16-38-15-17-6-2-1-3-7-17)13-22(30)25(21)26(34)32-24(27(35)36)14-31-28(37)33-23-11-10-19-8-4-5-9-20(19)23/h1-9,12-13,23-24H,10-11,14-16H2,(H,32,34)(H,35,36)(H2,31,33,37)/t23-,24?/m1/s1. The summed E-state index contributed by atoms with van der Waals surface area (Å²) in [5.41, 5.74) is 3.84. The molecule has 3 aromatic carbocycles. The van der Waals surface area contributed by atoms with Crippen molar-refractivity contribution in [3.8, 4) is 0 Å². The Morgan fingerprint density at radius 2 is 1.61 bits per heavy atom. The monoisotopic (exact) mass is 555 g/mol. The van der Waals surface area contributed by atoms with E-state index in [1.807, 2.05) is 54.6 Å². The first-order valence-electron chi connectivity index (χ1n) is 12.1. The van der Waals surface area contributed by atoms with Gasteiger partial charge in [-0.05, 0) is 47.2 Å². The van der Waals surface area contributed by atoms with Gasteiger partial charge in [-0.2, -0.15) is 0 Å². The Morgan fingerprint density at radius 1 is 0.947 bits per heavy atom. The van der Waals surface area contributed by atoms with Crippen molar-refractivity contribution in [2.24, 2.45) is 0 Å². The summed E-state index contributed by atoms with van der Waals surface area (Å²) in [6.07, 6.45) is 1.62. The number of carboxylic acids is 1. The van der Waals surface area contributed by atoms with Crippen molar-refractivity contribution in [3.05, 3.63) is 105 Å². The third-order valence-corrected chi connectivity index (χ3v) is 6.81. The van der Waals surface area contributed by atoms with Gasteiger partial charge in [0.25, 0.3) is 5.91 Å². The SMILES string of the molecule is O=C(NCC(NC(=O)c1c(Cl)cc(COCc2ccccc2)cc1Cl)C(=O)O)N[C@@H]1CCc2ccccc21. The molecule has 0 saturated carbocycles. The number of carbonyl (C=O) groups is 3. The van der Waals surface area contributed by atoms with Gasteiger partial charge in [0, 0.05) is 0 Å². The number of ether oxygens (including phenoxy) is 1. The molecule has 0 saturated heterocycles. The summed E-state index contributed by atoms with van der Waals surface area (Å²) in [6, 6.07) is 18.5. The maximum absolute atomic E-state index is 12.9. The van der Waals surface area contributed by atoms with Crippen LogP contribution in [-0.4, -0.2) is 35.6 Å². The van der Waals surface area contributed by atoms with Crippen molar-refractivity contribution in [1.29, 1.82) is 0 Å². The Balaban J connectivity index is 1.31. The van der Waals surface area contributed by atoms with E-state index in [0.29, 0.717) is 12.2 Å². The predicted octanol–water partition coefficient (Wildman–Crippen LogP) is 4.88. The number of urea groups is 1. The first kappa shape index (κ1) is 27.4. The number of hydrogen-bond donors (Lipinski definition) is 4. The van der Waals surface area contributed by atoms with E-state index in [0.717, 1.165) is 24.0 Å². The van der Waals surface area contributed by atoms with Gasteiger partial charge in [0.05, 0.1) is 41.4 Å². The highest BCUT2D eigenvalue weighted by molar-refractivity contribution is 6.39. The van der Waals surface area contributed by atoms with E-state index in [1.165, 1.54) is 5.56 Å². The quantitative estimate of drug-likeness (QED) is 0.284. The van der Waals surface area contributed by atoms with Crippen molar-refractivity contribution < 1.29 is 24.2 Å². The Labute approximate surface area is 230 Å². The molecule has 8 nitrogen and oxygen atoms in total. The third-order valence-electron chi connectivity index (χ3n) is 6.22. The smallest absolute Gasteiger partial charge is 0.328 e. The minimum atomic E-state index is -1.40. The molecular formula is C28H27Cl2N3O5. The summed E-state index contributed by atoms with van der Waals surface area (Å²) < 4.78 is 5.69. The molecule has 0 radical (unpaired) electrons. The van der Waals surface area contributed by atoms with Gasteiger partial charge < -0.3 is 25.8 Å². The maximum Gasteiger partial charge on any atom is 0.328 e. The van der Waals surface area contributed by atoms with Crippen LogP contribution >= 0.6 is 23.2 Å². The predicted molar refractivity (Wildman–Crippen MR) is 144 cm³/mol. The molecule has 2 atom stereocenters. The lowest BCUT2D eigenvalue weighted by atomic mass is 10.1. The van der Waals surface area contributed by atoms with Crippen LogP contribution in [0, 0.1) is 0 Å². The lowest BCUT2D eigenvalue weighted by molar-refractivity contribution is -0.139. The van der Waals surface area contributed by atoms with E-state index in [2.05, 4.69) is 16.0 Å². The number of benzene rings is 3. The zero-order valence-electron chi connectivity index (χ0n) is 20.4. The molecule has 0 spiro atoms. The second-order valence-corrected chi connectivity index (χ2v) is 9.74. The molecule has 10 heteroatoms. The molecule has 0 aromatic heterocycles. The van der Waals surface area contributed by atoms with Gasteiger partial charge in [-0.25, -0.2) is 9.59 Å². The van der Waals surface area contributed by atoms with Crippen LogP contribution in [0.4, 0.5) is 4.79 Å². The van der Waals surface area contributed by atoms with Crippen molar-refractivity contribution in [3.63, 3.8) is 0 Å². The molecule has 0 bridgehead atoms. The molecule has 0 heterocycles. The summed E-state index contributed by atoms with van der Waals surface area (Å²) >= 11 is 12.6. The largest absolute Gasteiger partial charge is 0.480 e. The Hall–Kier alpha value is -3.59. The Morgan fingerprint density at radius 3 is 2.32 bits per heavy atom. The molecule has 4 rings (SSSR count). The van der Waals surface area contributed by atoms with E-state index in [9.17, 15) is 19.5 Å². The molecule has 3 amide bonds. The van der Waals surface area contributed by atoms with E-state index >= 15 is 0 Å². The molecule has 38 heavy (non-hydrogen) atoms. The van der Waals surface area contributed by atoms with Crippen LogP contribution in [0.2, 0.25) is 10.0 Å². The molecule has 3 aromatic rings. The number of amides is 3. The molecule has 1 aliphatic carbocycles. The minimum Gasteiger partial charge on any atom is -0.480 e. The first-order valence-corrected chi connectivity index (χ1v) is 12.8. The van der Waals surface area contributed by atoms with E-state index in [1.54, 1.807) is 12.1 Å². The van der Waals surface area contributed by atoms with E-state index in [4.69, 9.17) is 27.9 Å². The fourth-order valence-corrected chi connectivity index (χ4v) is 5.03. The van der Waals surface area contributed by atoms with Gasteiger partial charge in [-0.1, -0.05) is 77.8 Å². The molecule has 0 fully saturated rings. The second kappa shape index (κ2) is 12.8. The molecule has 1 aliphatic rings. The number of rotatable bonds is 10. The summed E-state index contributed by atoms with van der Waals surface area (Å²) in [6.45, 7) is 0.285. The van der Waals surface area contributed by atoms with Crippen molar-refractivity contribution >= 4 is 41.1 Å². The Kier molecular flexibility index (Phi) is 9.23. The van der Waals surface area contributed by atoms with Gasteiger partial charge in [-0.15, -0.1) is 0 Å². The van der Waals surface area contributed by atoms with E-state index < -0.39 is 23.9 Å². The summed E-state index contributed by atoms with van der Waals surface area (Å²) in [5.74, 6) is -2.08. The van der Waals surface area contributed by atoms with Crippen LogP contribution in [0.5, 0.6) is 0 Å². The van der Waals surface area contributed by atoms with Crippen LogP contribution in [0.25, 0.3) is 0 Å². The van der Waals surface area contributed by atoms with Gasteiger partial charge in [0.15, 0.2) is 0 Å². The van der Waals surface area contributed by atoms with Crippen molar-refractivity contribution in [2.45, 2.75) is 38.1 Å². The Bertz CT molecular complexity index is 1300. The number of aliphatic carboxylic acids is 1. The number of aryl methyl sites for hydroxylation is 1. The molecule has 4 N–H and O–H groups in total. The average Bonchev–Trinajstić information content (AvgIpc) is 3.29.